The summed E-state index contributed by atoms with van der Waals surface area (Å²) in [7, 11) is 0. The Morgan fingerprint density at radius 2 is 2.12 bits per heavy atom. The molecule has 0 fully saturated rings. The molecule has 0 aliphatic heterocycles. The predicted molar refractivity (Wildman–Crippen MR) is 65.0 cm³/mol. The van der Waals surface area contributed by atoms with Gasteiger partial charge in [0.2, 0.25) is 0 Å². The minimum atomic E-state index is -0.561. The molecule has 0 unspecified atom stereocenters. The number of ether oxygens (including phenoxy) is 2. The molecule has 0 spiro atoms. The Balaban J connectivity index is 2.47. The smallest absolute Gasteiger partial charge is 0.348 e. The standard InChI is InChI=1S/C11H15NO4S/c1-6(2)16-10(13)5-15-11(14)9-4-8(12)7(3)17-9/h4,6H,5,12H2,1-3H3. The second-order valence-corrected chi connectivity index (χ2v) is 4.99. The van der Waals surface area contributed by atoms with Crippen LogP contribution in [0, 0.1) is 6.92 Å². The maximum Gasteiger partial charge on any atom is 0.348 e. The Labute approximate surface area is 104 Å². The van der Waals surface area contributed by atoms with Crippen LogP contribution in [0.2, 0.25) is 0 Å². The number of nitrogen functional groups attached to an aromatic ring is 1. The molecule has 0 aliphatic rings. The van der Waals surface area contributed by atoms with Gasteiger partial charge in [0.25, 0.3) is 0 Å². The molecule has 0 saturated heterocycles. The third-order valence-corrected chi connectivity index (χ3v) is 2.89. The quantitative estimate of drug-likeness (QED) is 0.831. The van der Waals surface area contributed by atoms with Gasteiger partial charge in [-0.2, -0.15) is 0 Å². The van der Waals surface area contributed by atoms with E-state index in [0.717, 1.165) is 4.88 Å². The summed E-state index contributed by atoms with van der Waals surface area (Å²) in [5, 5.41) is 0. The molecule has 17 heavy (non-hydrogen) atoms. The van der Waals surface area contributed by atoms with Crippen LogP contribution < -0.4 is 5.73 Å². The van der Waals surface area contributed by atoms with Gasteiger partial charge in [-0.15, -0.1) is 11.3 Å². The third-order valence-electron chi connectivity index (χ3n) is 1.85. The molecule has 5 nitrogen and oxygen atoms in total. The first-order valence-electron chi connectivity index (χ1n) is 5.12. The number of hydrogen-bond acceptors (Lipinski definition) is 6. The van der Waals surface area contributed by atoms with E-state index in [1.165, 1.54) is 17.4 Å². The van der Waals surface area contributed by atoms with Gasteiger partial charge in [-0.1, -0.05) is 0 Å². The number of carbonyl (C=O) groups is 2. The average Bonchev–Trinajstić information content (AvgIpc) is 2.55. The first kappa shape index (κ1) is 13.5. The van der Waals surface area contributed by atoms with Crippen LogP contribution in [-0.2, 0) is 14.3 Å². The number of anilines is 1. The van der Waals surface area contributed by atoms with Crippen molar-refractivity contribution in [3.05, 3.63) is 15.8 Å². The molecule has 0 aromatic carbocycles. The Kier molecular flexibility index (Phi) is 4.51. The third kappa shape index (κ3) is 4.07. The van der Waals surface area contributed by atoms with E-state index in [9.17, 15) is 9.59 Å². The van der Waals surface area contributed by atoms with Gasteiger partial charge < -0.3 is 15.2 Å². The molecule has 0 atom stereocenters. The number of carbonyl (C=O) groups excluding carboxylic acids is 2. The van der Waals surface area contributed by atoms with Crippen molar-refractivity contribution in [2.75, 3.05) is 12.3 Å². The maximum absolute atomic E-state index is 11.5. The Morgan fingerprint density at radius 1 is 1.47 bits per heavy atom. The lowest BCUT2D eigenvalue weighted by atomic mass is 10.4. The van der Waals surface area contributed by atoms with Gasteiger partial charge in [0.1, 0.15) is 4.88 Å². The highest BCUT2D eigenvalue weighted by molar-refractivity contribution is 7.14. The summed E-state index contributed by atoms with van der Waals surface area (Å²) in [6, 6.07) is 1.54. The van der Waals surface area contributed by atoms with Crippen molar-refractivity contribution in [2.45, 2.75) is 26.9 Å². The predicted octanol–water partition coefficient (Wildman–Crippen LogP) is 1.75. The van der Waals surface area contributed by atoms with Gasteiger partial charge in [0, 0.05) is 10.6 Å². The van der Waals surface area contributed by atoms with Crippen molar-refractivity contribution in [1.29, 1.82) is 0 Å². The highest BCUT2D eigenvalue weighted by atomic mass is 32.1. The molecule has 1 rings (SSSR count). The fourth-order valence-electron chi connectivity index (χ4n) is 1.09. The van der Waals surface area contributed by atoms with Gasteiger partial charge in [-0.05, 0) is 26.8 Å². The van der Waals surface area contributed by atoms with E-state index >= 15 is 0 Å². The fourth-order valence-corrected chi connectivity index (χ4v) is 1.92. The van der Waals surface area contributed by atoms with Crippen LogP contribution in [0.25, 0.3) is 0 Å². The minimum absolute atomic E-state index is 0.221. The zero-order valence-electron chi connectivity index (χ0n) is 9.98. The molecule has 6 heteroatoms. The Morgan fingerprint density at radius 3 is 2.59 bits per heavy atom. The minimum Gasteiger partial charge on any atom is -0.460 e. The number of nitrogens with two attached hydrogens (primary N) is 1. The number of rotatable bonds is 4. The SMILES string of the molecule is Cc1sc(C(=O)OCC(=O)OC(C)C)cc1N. The van der Waals surface area contributed by atoms with Crippen LogP contribution in [0.4, 0.5) is 5.69 Å². The van der Waals surface area contributed by atoms with Gasteiger partial charge in [0.05, 0.1) is 6.10 Å². The fraction of sp³-hybridized carbons (Fsp3) is 0.455. The second-order valence-electron chi connectivity index (χ2n) is 3.74. The van der Waals surface area contributed by atoms with Crippen LogP contribution in [0.3, 0.4) is 0 Å². The van der Waals surface area contributed by atoms with Crippen molar-refractivity contribution in [2.24, 2.45) is 0 Å². The first-order valence-corrected chi connectivity index (χ1v) is 5.94. The van der Waals surface area contributed by atoms with Crippen LogP contribution >= 0.6 is 11.3 Å². The average molecular weight is 257 g/mol. The summed E-state index contributed by atoms with van der Waals surface area (Å²) in [5.41, 5.74) is 6.16. The van der Waals surface area contributed by atoms with E-state index in [2.05, 4.69) is 0 Å². The molecule has 0 saturated carbocycles. The van der Waals surface area contributed by atoms with Gasteiger partial charge in [-0.25, -0.2) is 9.59 Å². The van der Waals surface area contributed by atoms with Crippen LogP contribution in [0.1, 0.15) is 28.4 Å². The molecule has 1 aromatic rings. The zero-order valence-corrected chi connectivity index (χ0v) is 10.8. The zero-order chi connectivity index (χ0) is 13.0. The molecule has 0 bridgehead atoms. The number of aryl methyl sites for hydroxylation is 1. The van der Waals surface area contributed by atoms with E-state index in [1.807, 2.05) is 6.92 Å². The molecule has 0 radical (unpaired) electrons. The summed E-state index contributed by atoms with van der Waals surface area (Å²) in [6.07, 6.45) is -0.221. The molecule has 1 heterocycles. The van der Waals surface area contributed by atoms with Crippen molar-refractivity contribution in [3.8, 4) is 0 Å². The lowest BCUT2D eigenvalue weighted by molar-refractivity contribution is -0.150. The largest absolute Gasteiger partial charge is 0.460 e. The van der Waals surface area contributed by atoms with Gasteiger partial charge >= 0.3 is 11.9 Å². The molecular weight excluding hydrogens is 242 g/mol. The van der Waals surface area contributed by atoms with Crippen molar-refractivity contribution in [1.82, 2.24) is 0 Å². The lowest BCUT2D eigenvalue weighted by Crippen LogP contribution is -2.19. The van der Waals surface area contributed by atoms with Gasteiger partial charge in [-0.3, -0.25) is 0 Å². The van der Waals surface area contributed by atoms with E-state index in [-0.39, 0.29) is 12.7 Å². The van der Waals surface area contributed by atoms with Crippen LogP contribution in [-0.4, -0.2) is 24.6 Å². The number of thiophene rings is 1. The van der Waals surface area contributed by atoms with E-state index in [0.29, 0.717) is 10.6 Å². The summed E-state index contributed by atoms with van der Waals surface area (Å²) in [5.74, 6) is -1.12. The second kappa shape index (κ2) is 5.67. The van der Waals surface area contributed by atoms with Crippen LogP contribution in [0.5, 0.6) is 0 Å². The van der Waals surface area contributed by atoms with Crippen LogP contribution in [0.15, 0.2) is 6.07 Å². The summed E-state index contributed by atoms with van der Waals surface area (Å²) >= 11 is 1.24. The normalized spacial score (nSPS) is 10.4. The summed E-state index contributed by atoms with van der Waals surface area (Å²) in [4.78, 5) is 23.9. The highest BCUT2D eigenvalue weighted by Crippen LogP contribution is 2.23. The molecule has 2 N–H and O–H groups in total. The monoisotopic (exact) mass is 257 g/mol. The van der Waals surface area contributed by atoms with E-state index in [4.69, 9.17) is 15.2 Å². The van der Waals surface area contributed by atoms with Gasteiger partial charge in [0.15, 0.2) is 6.61 Å². The molecule has 0 amide bonds. The molecular formula is C11H15NO4S. The molecule has 0 aliphatic carbocycles. The van der Waals surface area contributed by atoms with Crippen molar-refractivity contribution >= 4 is 29.0 Å². The topological polar surface area (TPSA) is 78.6 Å². The summed E-state index contributed by atoms with van der Waals surface area (Å²) < 4.78 is 9.63. The summed E-state index contributed by atoms with van der Waals surface area (Å²) in [6.45, 7) is 4.88. The molecule has 94 valence electrons. The van der Waals surface area contributed by atoms with E-state index in [1.54, 1.807) is 13.8 Å². The Bertz CT molecular complexity index is 406. The first-order chi connectivity index (χ1) is 7.90. The van der Waals surface area contributed by atoms with Crippen molar-refractivity contribution in [3.63, 3.8) is 0 Å². The molecule has 1 aromatic heterocycles. The number of hydrogen-bond donors (Lipinski definition) is 1. The van der Waals surface area contributed by atoms with Crippen molar-refractivity contribution < 1.29 is 19.1 Å². The maximum atomic E-state index is 11.5. The number of esters is 2. The lowest BCUT2D eigenvalue weighted by Gasteiger charge is -2.07. The highest BCUT2D eigenvalue weighted by Gasteiger charge is 2.15. The van der Waals surface area contributed by atoms with E-state index < -0.39 is 11.9 Å². The Hall–Kier alpha value is -1.56.